The molecular weight excluding hydrogens is 625 g/mol. The summed E-state index contributed by atoms with van der Waals surface area (Å²) < 4.78 is 48.9. The SMILES string of the molecule is CCOc1ccc(S(=O)(=O)N(CC(=O)N(Cc2ccc(Br)cc2)[C@H](C)C(=O)NC2CCCC2)c2ccc(F)cc2)cc1. The fraction of sp³-hybridized carbons (Fsp3) is 0.355. The number of hydrogen-bond acceptors (Lipinski definition) is 5. The van der Waals surface area contributed by atoms with Gasteiger partial charge in [-0.25, -0.2) is 12.8 Å². The summed E-state index contributed by atoms with van der Waals surface area (Å²) in [6.07, 6.45) is 3.85. The molecule has 8 nitrogen and oxygen atoms in total. The standard InChI is InChI=1S/C31H35BrFN3O5S/c1-3-41-28-16-18-29(19-17-28)42(39,40)36(27-14-12-25(33)13-15-27)21-30(37)35(20-23-8-10-24(32)11-9-23)22(2)31(38)34-26-6-4-5-7-26/h8-19,22,26H,3-7,20-21H2,1-2H3,(H,34,38)/t22-/m1/s1. The van der Waals surface area contributed by atoms with Crippen LogP contribution in [0, 0.1) is 5.82 Å². The van der Waals surface area contributed by atoms with E-state index in [9.17, 15) is 22.4 Å². The fourth-order valence-electron chi connectivity index (χ4n) is 4.90. The first kappa shape index (κ1) is 31.5. The molecule has 0 aromatic heterocycles. The van der Waals surface area contributed by atoms with Gasteiger partial charge in [-0.15, -0.1) is 0 Å². The van der Waals surface area contributed by atoms with Crippen LogP contribution in [0.3, 0.4) is 0 Å². The third-order valence-corrected chi connectivity index (χ3v) is 9.57. The third kappa shape index (κ3) is 7.89. The van der Waals surface area contributed by atoms with Gasteiger partial charge in [0, 0.05) is 17.1 Å². The molecule has 0 saturated heterocycles. The molecule has 3 aromatic carbocycles. The van der Waals surface area contributed by atoms with E-state index in [1.807, 2.05) is 31.2 Å². The lowest BCUT2D eigenvalue weighted by molar-refractivity contribution is -0.139. The summed E-state index contributed by atoms with van der Waals surface area (Å²) in [5, 5.41) is 3.05. The molecule has 0 bridgehead atoms. The highest BCUT2D eigenvalue weighted by molar-refractivity contribution is 9.10. The van der Waals surface area contributed by atoms with Gasteiger partial charge < -0.3 is 15.0 Å². The second-order valence-corrected chi connectivity index (χ2v) is 13.0. The number of hydrogen-bond donors (Lipinski definition) is 1. The molecule has 2 amide bonds. The highest BCUT2D eigenvalue weighted by Crippen LogP contribution is 2.27. The Labute approximate surface area is 255 Å². The lowest BCUT2D eigenvalue weighted by Crippen LogP contribution is -2.52. The zero-order valence-corrected chi connectivity index (χ0v) is 26.0. The van der Waals surface area contributed by atoms with Gasteiger partial charge in [-0.1, -0.05) is 40.9 Å². The minimum Gasteiger partial charge on any atom is -0.494 e. The van der Waals surface area contributed by atoms with Crippen molar-refractivity contribution in [2.24, 2.45) is 0 Å². The molecule has 1 atom stereocenters. The van der Waals surface area contributed by atoms with Gasteiger partial charge in [0.25, 0.3) is 10.0 Å². The van der Waals surface area contributed by atoms with Crippen LogP contribution in [0.1, 0.15) is 45.1 Å². The average molecular weight is 661 g/mol. The predicted molar refractivity (Wildman–Crippen MR) is 163 cm³/mol. The van der Waals surface area contributed by atoms with Crippen molar-refractivity contribution in [3.05, 3.63) is 88.6 Å². The van der Waals surface area contributed by atoms with E-state index in [0.29, 0.717) is 12.4 Å². The summed E-state index contributed by atoms with van der Waals surface area (Å²) in [6, 6.07) is 17.3. The van der Waals surface area contributed by atoms with Crippen molar-refractivity contribution >= 4 is 43.5 Å². The Hall–Kier alpha value is -3.44. The molecule has 1 fully saturated rings. The fourth-order valence-corrected chi connectivity index (χ4v) is 6.58. The molecule has 0 radical (unpaired) electrons. The molecule has 42 heavy (non-hydrogen) atoms. The molecule has 0 heterocycles. The highest BCUT2D eigenvalue weighted by Gasteiger charge is 2.33. The van der Waals surface area contributed by atoms with Gasteiger partial charge in [0.2, 0.25) is 11.8 Å². The van der Waals surface area contributed by atoms with Crippen molar-refractivity contribution < 1.29 is 27.1 Å². The number of benzene rings is 3. The van der Waals surface area contributed by atoms with Crippen LogP contribution in [0.4, 0.5) is 10.1 Å². The van der Waals surface area contributed by atoms with Crippen molar-refractivity contribution in [1.82, 2.24) is 10.2 Å². The Morgan fingerprint density at radius 2 is 1.62 bits per heavy atom. The highest BCUT2D eigenvalue weighted by atomic mass is 79.9. The van der Waals surface area contributed by atoms with Crippen molar-refractivity contribution in [3.8, 4) is 5.75 Å². The molecule has 1 aliphatic rings. The van der Waals surface area contributed by atoms with Crippen molar-refractivity contribution in [1.29, 1.82) is 0 Å². The largest absolute Gasteiger partial charge is 0.494 e. The van der Waals surface area contributed by atoms with Gasteiger partial charge in [-0.2, -0.15) is 0 Å². The summed E-state index contributed by atoms with van der Waals surface area (Å²) in [5.74, 6) is -0.915. The maximum Gasteiger partial charge on any atom is 0.264 e. The molecule has 1 N–H and O–H groups in total. The smallest absolute Gasteiger partial charge is 0.264 e. The van der Waals surface area contributed by atoms with Gasteiger partial charge in [-0.3, -0.25) is 13.9 Å². The minimum absolute atomic E-state index is 0.0559. The van der Waals surface area contributed by atoms with E-state index in [1.165, 1.54) is 41.3 Å². The van der Waals surface area contributed by atoms with E-state index < -0.39 is 34.3 Å². The van der Waals surface area contributed by atoms with Crippen molar-refractivity contribution in [2.75, 3.05) is 17.5 Å². The zero-order chi connectivity index (χ0) is 30.3. The van der Waals surface area contributed by atoms with Crippen LogP contribution in [-0.4, -0.2) is 50.4 Å². The first-order chi connectivity index (χ1) is 20.1. The molecule has 1 saturated carbocycles. The van der Waals surface area contributed by atoms with Gasteiger partial charge in [-0.05, 0) is 92.9 Å². The summed E-state index contributed by atoms with van der Waals surface area (Å²) in [5.41, 5.74) is 0.889. The predicted octanol–water partition coefficient (Wildman–Crippen LogP) is 5.66. The van der Waals surface area contributed by atoms with Crippen LogP contribution >= 0.6 is 15.9 Å². The lowest BCUT2D eigenvalue weighted by Gasteiger charge is -2.32. The first-order valence-corrected chi connectivity index (χ1v) is 16.2. The number of halogens is 2. The molecule has 0 aliphatic heterocycles. The molecular formula is C31H35BrFN3O5S. The third-order valence-electron chi connectivity index (χ3n) is 7.25. The Bertz CT molecular complexity index is 1460. The van der Waals surface area contributed by atoms with Gasteiger partial charge >= 0.3 is 0 Å². The number of carbonyl (C=O) groups is 2. The number of rotatable bonds is 12. The van der Waals surface area contributed by atoms with Gasteiger partial charge in [0.15, 0.2) is 0 Å². The molecule has 3 aromatic rings. The molecule has 0 spiro atoms. The van der Waals surface area contributed by atoms with Crippen LogP contribution in [0.2, 0.25) is 0 Å². The Kier molecular flexibility index (Phi) is 10.6. The van der Waals surface area contributed by atoms with Crippen LogP contribution in [0.25, 0.3) is 0 Å². The Balaban J connectivity index is 1.67. The van der Waals surface area contributed by atoms with E-state index in [1.54, 1.807) is 6.92 Å². The minimum atomic E-state index is -4.27. The number of carbonyl (C=O) groups excluding carboxylic acids is 2. The lowest BCUT2D eigenvalue weighted by atomic mass is 10.1. The molecule has 11 heteroatoms. The summed E-state index contributed by atoms with van der Waals surface area (Å²) in [7, 11) is -4.27. The number of nitrogens with one attached hydrogen (secondary N) is 1. The monoisotopic (exact) mass is 659 g/mol. The van der Waals surface area contributed by atoms with E-state index in [4.69, 9.17) is 4.74 Å². The van der Waals surface area contributed by atoms with Crippen LogP contribution in [0.5, 0.6) is 5.75 Å². The second kappa shape index (κ2) is 14.2. The maximum absolute atomic E-state index is 14.0. The number of amides is 2. The summed E-state index contributed by atoms with van der Waals surface area (Å²) >= 11 is 3.41. The summed E-state index contributed by atoms with van der Waals surface area (Å²) in [4.78, 5) is 28.6. The average Bonchev–Trinajstić information content (AvgIpc) is 3.49. The quantitative estimate of drug-likeness (QED) is 0.271. The number of anilines is 1. The first-order valence-electron chi connectivity index (χ1n) is 13.9. The molecule has 224 valence electrons. The normalized spacial score (nSPS) is 14.3. The topological polar surface area (TPSA) is 96.0 Å². The second-order valence-electron chi connectivity index (χ2n) is 10.2. The Morgan fingerprint density at radius 1 is 1.00 bits per heavy atom. The van der Waals surface area contributed by atoms with Crippen molar-refractivity contribution in [2.45, 2.75) is 63.1 Å². The van der Waals surface area contributed by atoms with E-state index in [0.717, 1.165) is 52.2 Å². The van der Waals surface area contributed by atoms with Crippen molar-refractivity contribution in [3.63, 3.8) is 0 Å². The maximum atomic E-state index is 14.0. The number of nitrogens with zero attached hydrogens (tertiary/aromatic N) is 2. The van der Waals surface area contributed by atoms with Crippen LogP contribution < -0.4 is 14.4 Å². The van der Waals surface area contributed by atoms with E-state index >= 15 is 0 Å². The Morgan fingerprint density at radius 3 is 2.21 bits per heavy atom. The zero-order valence-electron chi connectivity index (χ0n) is 23.6. The molecule has 1 aliphatic carbocycles. The molecule has 4 rings (SSSR count). The van der Waals surface area contributed by atoms with Gasteiger partial charge in [0.1, 0.15) is 24.2 Å². The summed E-state index contributed by atoms with van der Waals surface area (Å²) in [6.45, 7) is 3.37. The van der Waals surface area contributed by atoms with Gasteiger partial charge in [0.05, 0.1) is 17.2 Å². The van der Waals surface area contributed by atoms with Crippen LogP contribution in [-0.2, 0) is 26.2 Å². The van der Waals surface area contributed by atoms with E-state index in [2.05, 4.69) is 21.2 Å². The molecule has 0 unspecified atom stereocenters. The number of ether oxygens (including phenoxy) is 1. The van der Waals surface area contributed by atoms with E-state index in [-0.39, 0.29) is 29.1 Å². The van der Waals surface area contributed by atoms with Crippen LogP contribution in [0.15, 0.2) is 82.2 Å². The number of sulfonamides is 1.